The van der Waals surface area contributed by atoms with E-state index in [0.717, 1.165) is 5.56 Å². The van der Waals surface area contributed by atoms with Crippen molar-refractivity contribution in [1.29, 1.82) is 0 Å². The highest BCUT2D eigenvalue weighted by Gasteiger charge is 2.36. The van der Waals surface area contributed by atoms with Crippen LogP contribution in [0.25, 0.3) is 16.7 Å². The van der Waals surface area contributed by atoms with Gasteiger partial charge in [0.1, 0.15) is 0 Å². The van der Waals surface area contributed by atoms with Gasteiger partial charge in [-0.05, 0) is 42.2 Å². The predicted octanol–water partition coefficient (Wildman–Crippen LogP) is 3.79. The molecule has 0 saturated carbocycles. The zero-order valence-corrected chi connectivity index (χ0v) is 16.5. The number of aromatic carboxylic acids is 1. The fraction of sp³-hybridized carbons (Fsp3) is 0.174. The van der Waals surface area contributed by atoms with Crippen LogP contribution < -0.4 is 0 Å². The van der Waals surface area contributed by atoms with Crippen molar-refractivity contribution in [3.05, 3.63) is 76.2 Å². The summed E-state index contributed by atoms with van der Waals surface area (Å²) in [4.78, 5) is 37.7. The molecule has 0 heterocycles. The SMILES string of the molecule is COC1=C(OC)C(=O)C(c2cc(C)c(-c3ccccc3)c(C(=O)O)c2)=C(C)C1=O. The summed E-state index contributed by atoms with van der Waals surface area (Å²) in [5, 5.41) is 9.81. The number of ketones is 2. The Balaban J connectivity index is 2.25. The van der Waals surface area contributed by atoms with Gasteiger partial charge in [-0.25, -0.2) is 4.79 Å². The number of rotatable bonds is 5. The highest BCUT2D eigenvalue weighted by atomic mass is 16.5. The predicted molar refractivity (Wildman–Crippen MR) is 107 cm³/mol. The molecule has 0 spiro atoms. The molecule has 0 radical (unpaired) electrons. The molecule has 0 amide bonds. The number of hydrogen-bond acceptors (Lipinski definition) is 5. The van der Waals surface area contributed by atoms with E-state index in [1.54, 1.807) is 13.0 Å². The van der Waals surface area contributed by atoms with Crippen LogP contribution in [0.4, 0.5) is 0 Å². The third kappa shape index (κ3) is 3.33. The molecule has 0 atom stereocenters. The third-order valence-electron chi connectivity index (χ3n) is 4.89. The fourth-order valence-electron chi connectivity index (χ4n) is 3.58. The second-order valence-electron chi connectivity index (χ2n) is 6.61. The lowest BCUT2D eigenvalue weighted by Crippen LogP contribution is -2.24. The smallest absolute Gasteiger partial charge is 0.336 e. The number of ether oxygens (including phenoxy) is 2. The molecule has 6 heteroatoms. The van der Waals surface area contributed by atoms with Crippen molar-refractivity contribution in [3.8, 4) is 11.1 Å². The maximum absolute atomic E-state index is 13.0. The van der Waals surface area contributed by atoms with E-state index >= 15 is 0 Å². The average Bonchev–Trinajstić information content (AvgIpc) is 2.70. The summed E-state index contributed by atoms with van der Waals surface area (Å²) >= 11 is 0. The monoisotopic (exact) mass is 392 g/mol. The number of carbonyl (C=O) groups is 3. The molecule has 0 fully saturated rings. The Bertz CT molecular complexity index is 1090. The molecular formula is C23H20O6. The van der Waals surface area contributed by atoms with E-state index in [2.05, 4.69) is 0 Å². The van der Waals surface area contributed by atoms with Gasteiger partial charge in [0.25, 0.3) is 0 Å². The van der Waals surface area contributed by atoms with Gasteiger partial charge in [0.15, 0.2) is 0 Å². The molecule has 0 bridgehead atoms. The van der Waals surface area contributed by atoms with Crippen LogP contribution in [0.3, 0.4) is 0 Å². The molecular weight excluding hydrogens is 372 g/mol. The first-order valence-electron chi connectivity index (χ1n) is 8.88. The Morgan fingerprint density at radius 1 is 0.862 bits per heavy atom. The second kappa shape index (κ2) is 7.75. The van der Waals surface area contributed by atoms with Gasteiger partial charge >= 0.3 is 5.97 Å². The van der Waals surface area contributed by atoms with Crippen LogP contribution in [0.1, 0.15) is 28.4 Å². The number of carboxylic acid groups (broad SMARTS) is 1. The number of carboxylic acids is 1. The van der Waals surface area contributed by atoms with Crippen molar-refractivity contribution >= 4 is 23.1 Å². The molecule has 29 heavy (non-hydrogen) atoms. The van der Waals surface area contributed by atoms with Crippen molar-refractivity contribution in [2.75, 3.05) is 14.2 Å². The van der Waals surface area contributed by atoms with Crippen LogP contribution >= 0.6 is 0 Å². The topological polar surface area (TPSA) is 89.9 Å². The lowest BCUT2D eigenvalue weighted by Gasteiger charge is -2.21. The van der Waals surface area contributed by atoms with Crippen molar-refractivity contribution in [2.45, 2.75) is 13.8 Å². The summed E-state index contributed by atoms with van der Waals surface area (Å²) in [5.74, 6) is -2.47. The highest BCUT2D eigenvalue weighted by molar-refractivity contribution is 6.38. The van der Waals surface area contributed by atoms with Crippen LogP contribution in [-0.4, -0.2) is 36.9 Å². The Labute approximate surface area is 168 Å². The molecule has 1 aliphatic carbocycles. The molecule has 148 valence electrons. The van der Waals surface area contributed by atoms with Gasteiger partial charge in [-0.3, -0.25) is 9.59 Å². The molecule has 3 rings (SSSR count). The second-order valence-corrected chi connectivity index (χ2v) is 6.61. The number of carbonyl (C=O) groups excluding carboxylic acids is 2. The van der Waals surface area contributed by atoms with Crippen LogP contribution in [0.2, 0.25) is 0 Å². The van der Waals surface area contributed by atoms with E-state index in [0.29, 0.717) is 16.7 Å². The minimum atomic E-state index is -1.12. The number of allylic oxidation sites excluding steroid dienone is 2. The highest BCUT2D eigenvalue weighted by Crippen LogP contribution is 2.36. The largest absolute Gasteiger partial charge is 0.489 e. The first-order valence-corrected chi connectivity index (χ1v) is 8.88. The van der Waals surface area contributed by atoms with Crippen molar-refractivity contribution in [3.63, 3.8) is 0 Å². The van der Waals surface area contributed by atoms with Crippen LogP contribution in [-0.2, 0) is 19.1 Å². The zero-order chi connectivity index (χ0) is 21.3. The molecule has 0 saturated heterocycles. The van der Waals surface area contributed by atoms with Gasteiger partial charge in [-0.2, -0.15) is 0 Å². The fourth-order valence-corrected chi connectivity index (χ4v) is 3.58. The van der Waals surface area contributed by atoms with E-state index in [-0.39, 0.29) is 28.2 Å². The van der Waals surface area contributed by atoms with Crippen LogP contribution in [0, 0.1) is 6.92 Å². The lowest BCUT2D eigenvalue weighted by atomic mass is 9.84. The minimum absolute atomic E-state index is 0.0484. The Hall–Kier alpha value is -3.67. The summed E-state index contributed by atoms with van der Waals surface area (Å²) in [6, 6.07) is 12.3. The van der Waals surface area contributed by atoms with Gasteiger partial charge < -0.3 is 14.6 Å². The first kappa shape index (κ1) is 20.1. The first-order chi connectivity index (χ1) is 13.8. The van der Waals surface area contributed by atoms with Gasteiger partial charge in [-0.15, -0.1) is 0 Å². The molecule has 1 aliphatic rings. The maximum atomic E-state index is 13.0. The lowest BCUT2D eigenvalue weighted by molar-refractivity contribution is -0.119. The molecule has 0 unspecified atom stereocenters. The number of benzene rings is 2. The van der Waals surface area contributed by atoms with Crippen LogP contribution in [0.15, 0.2) is 59.6 Å². The Morgan fingerprint density at radius 3 is 2.00 bits per heavy atom. The van der Waals surface area contributed by atoms with E-state index in [4.69, 9.17) is 9.47 Å². The molecule has 0 aromatic heterocycles. The normalized spacial score (nSPS) is 14.3. The zero-order valence-electron chi connectivity index (χ0n) is 16.5. The average molecular weight is 392 g/mol. The number of methoxy groups -OCH3 is 2. The summed E-state index contributed by atoms with van der Waals surface area (Å²) < 4.78 is 10.2. The third-order valence-corrected chi connectivity index (χ3v) is 4.89. The molecule has 0 aliphatic heterocycles. The van der Waals surface area contributed by atoms with Crippen molar-refractivity contribution < 1.29 is 29.0 Å². The maximum Gasteiger partial charge on any atom is 0.336 e. The van der Waals surface area contributed by atoms with E-state index in [9.17, 15) is 19.5 Å². The van der Waals surface area contributed by atoms with Gasteiger partial charge in [-0.1, -0.05) is 36.4 Å². The van der Waals surface area contributed by atoms with Crippen molar-refractivity contribution in [1.82, 2.24) is 0 Å². The van der Waals surface area contributed by atoms with Gasteiger partial charge in [0.05, 0.1) is 19.8 Å². The quantitative estimate of drug-likeness (QED) is 0.779. The number of Topliss-reactive ketones (excluding diaryl/α,β-unsaturated/α-hetero) is 2. The summed E-state index contributed by atoms with van der Waals surface area (Å²) in [6.07, 6.45) is 0. The molecule has 1 N–H and O–H groups in total. The molecule has 6 nitrogen and oxygen atoms in total. The minimum Gasteiger partial charge on any atom is -0.489 e. The molecule has 2 aromatic carbocycles. The van der Waals surface area contributed by atoms with Gasteiger partial charge in [0, 0.05) is 11.1 Å². The summed E-state index contributed by atoms with van der Waals surface area (Å²) in [5.41, 5.74) is 2.67. The van der Waals surface area contributed by atoms with E-state index < -0.39 is 17.5 Å². The van der Waals surface area contributed by atoms with Gasteiger partial charge in [0.2, 0.25) is 23.1 Å². The van der Waals surface area contributed by atoms with E-state index in [1.807, 2.05) is 30.3 Å². The molecule has 2 aromatic rings. The van der Waals surface area contributed by atoms with E-state index in [1.165, 1.54) is 27.2 Å². The summed E-state index contributed by atoms with van der Waals surface area (Å²) in [6.45, 7) is 3.29. The van der Waals surface area contributed by atoms with Crippen molar-refractivity contribution in [2.24, 2.45) is 0 Å². The summed E-state index contributed by atoms with van der Waals surface area (Å²) in [7, 11) is 2.57. The number of aryl methyl sites for hydroxylation is 1. The number of hydrogen-bond donors (Lipinski definition) is 1. The van der Waals surface area contributed by atoms with Crippen LogP contribution in [0.5, 0.6) is 0 Å². The Kier molecular flexibility index (Phi) is 5.37. The standard InChI is InChI=1S/C23H20O6/c1-12-10-15(11-16(23(26)27)17(12)14-8-6-5-7-9-14)18-13(2)19(24)21(28-3)22(29-4)20(18)25/h5-11H,1-4H3,(H,26,27). The Morgan fingerprint density at radius 2 is 1.45 bits per heavy atom.